The summed E-state index contributed by atoms with van der Waals surface area (Å²) in [5.41, 5.74) is -1.21. The lowest BCUT2D eigenvalue weighted by atomic mass is 9.77. The number of carbonyl (C=O) groups excluding carboxylic acids is 1. The molecular weight excluding hydrogens is 425 g/mol. The molecule has 1 aromatic carbocycles. The van der Waals surface area contributed by atoms with Crippen LogP contribution in [0, 0.1) is 22.9 Å². The highest BCUT2D eigenvalue weighted by Gasteiger charge is 2.36. The Balaban J connectivity index is 2.36. The molecule has 0 saturated carbocycles. The summed E-state index contributed by atoms with van der Waals surface area (Å²) in [7, 11) is 2.34. The molecule has 0 radical (unpaired) electrons. The van der Waals surface area contributed by atoms with Gasteiger partial charge in [-0.1, -0.05) is 34.6 Å². The van der Waals surface area contributed by atoms with E-state index in [1.54, 1.807) is 12.4 Å². The van der Waals surface area contributed by atoms with Crippen molar-refractivity contribution in [2.75, 3.05) is 14.2 Å². The zero-order chi connectivity index (χ0) is 24.2. The number of carbonyl (C=O) groups is 1. The van der Waals surface area contributed by atoms with Gasteiger partial charge in [-0.2, -0.15) is 0 Å². The van der Waals surface area contributed by atoms with Gasteiger partial charge in [-0.25, -0.2) is 23.1 Å². The monoisotopic (exact) mass is 454 g/mol. The third kappa shape index (κ3) is 5.38. The van der Waals surface area contributed by atoms with E-state index >= 15 is 0 Å². The van der Waals surface area contributed by atoms with E-state index in [0.29, 0.717) is 11.4 Å². The summed E-state index contributed by atoms with van der Waals surface area (Å²) < 4.78 is 58.6. The summed E-state index contributed by atoms with van der Waals surface area (Å²) >= 11 is 0. The quantitative estimate of drug-likeness (QED) is 0.411. The van der Waals surface area contributed by atoms with Gasteiger partial charge in [0.1, 0.15) is 12.4 Å². The lowest BCUT2D eigenvalue weighted by Crippen LogP contribution is -2.29. The molecule has 2 rings (SSSR count). The van der Waals surface area contributed by atoms with Crippen LogP contribution in [0.15, 0.2) is 12.4 Å². The van der Waals surface area contributed by atoms with Gasteiger partial charge in [0.15, 0.2) is 23.2 Å². The van der Waals surface area contributed by atoms with Gasteiger partial charge < -0.3 is 14.2 Å². The Morgan fingerprint density at radius 1 is 0.969 bits per heavy atom. The highest BCUT2D eigenvalue weighted by molar-refractivity contribution is 5.79. The average molecular weight is 454 g/mol. The number of hydrogen-bond acceptors (Lipinski definition) is 6. The Hall–Kier alpha value is -2.68. The second-order valence-corrected chi connectivity index (χ2v) is 8.80. The zero-order valence-corrected chi connectivity index (χ0v) is 19.4. The van der Waals surface area contributed by atoms with E-state index in [0.717, 1.165) is 7.11 Å². The summed E-state index contributed by atoms with van der Waals surface area (Å²) in [6, 6.07) is 0. The van der Waals surface area contributed by atoms with Crippen molar-refractivity contribution in [1.82, 2.24) is 9.97 Å². The predicted octanol–water partition coefficient (Wildman–Crippen LogP) is 5.05. The molecule has 1 unspecified atom stereocenters. The molecule has 0 aliphatic heterocycles. The Morgan fingerprint density at radius 3 is 2.00 bits per heavy atom. The fourth-order valence-electron chi connectivity index (χ4n) is 3.35. The van der Waals surface area contributed by atoms with Gasteiger partial charge in [0.05, 0.1) is 30.8 Å². The molecule has 9 heteroatoms. The molecule has 32 heavy (non-hydrogen) atoms. The highest BCUT2D eigenvalue weighted by atomic mass is 19.2. The molecule has 6 nitrogen and oxygen atoms in total. The van der Waals surface area contributed by atoms with Gasteiger partial charge in [-0.3, -0.25) is 4.79 Å². The van der Waals surface area contributed by atoms with E-state index < -0.39 is 64.8 Å². The maximum atomic E-state index is 14.7. The zero-order valence-electron chi connectivity index (χ0n) is 19.4. The summed E-state index contributed by atoms with van der Waals surface area (Å²) in [6.45, 7) is 8.18. The van der Waals surface area contributed by atoms with Gasteiger partial charge in [-0.15, -0.1) is 0 Å². The number of hydrogen-bond donors (Lipinski definition) is 0. The van der Waals surface area contributed by atoms with E-state index in [1.807, 2.05) is 34.6 Å². The Labute approximate surface area is 186 Å². The normalized spacial score (nSPS) is 12.7. The first-order chi connectivity index (χ1) is 14.9. The standard InChI is InChI=1S/C23H29F3N2O4/c1-12(2)21-27-8-13(9-28-21)16(23(3,4)5)22(29)32-11-15-18(25)17(24)14(10-30-6)19(26)20(15)31-7/h8-9,12,16H,10-11H2,1-7H3. The number of methoxy groups -OCH3 is 2. The highest BCUT2D eigenvalue weighted by Crippen LogP contribution is 2.37. The number of aromatic nitrogens is 2. The van der Waals surface area contributed by atoms with Crippen LogP contribution in [-0.4, -0.2) is 30.2 Å². The van der Waals surface area contributed by atoms with E-state index in [1.165, 1.54) is 7.11 Å². The van der Waals surface area contributed by atoms with E-state index in [2.05, 4.69) is 9.97 Å². The number of ether oxygens (including phenoxy) is 3. The molecular formula is C23H29F3N2O4. The molecule has 0 N–H and O–H groups in total. The van der Waals surface area contributed by atoms with Crippen LogP contribution in [-0.2, 0) is 27.5 Å². The first kappa shape index (κ1) is 25.6. The fourth-order valence-corrected chi connectivity index (χ4v) is 3.35. The first-order valence-corrected chi connectivity index (χ1v) is 10.1. The molecule has 0 spiro atoms. The minimum atomic E-state index is -1.42. The molecule has 0 amide bonds. The molecule has 0 aliphatic carbocycles. The molecule has 1 atom stereocenters. The van der Waals surface area contributed by atoms with Gasteiger partial charge in [0.25, 0.3) is 0 Å². The Kier molecular flexibility index (Phi) is 8.23. The van der Waals surface area contributed by atoms with Crippen LogP contribution in [0.4, 0.5) is 13.2 Å². The number of nitrogens with zero attached hydrogens (tertiary/aromatic N) is 2. The number of benzene rings is 1. The van der Waals surface area contributed by atoms with E-state index in [4.69, 9.17) is 14.2 Å². The van der Waals surface area contributed by atoms with Crippen LogP contribution in [0.2, 0.25) is 0 Å². The third-order valence-electron chi connectivity index (χ3n) is 4.96. The Morgan fingerprint density at radius 2 is 1.53 bits per heavy atom. The topological polar surface area (TPSA) is 70.5 Å². The minimum Gasteiger partial charge on any atom is -0.493 e. The predicted molar refractivity (Wildman–Crippen MR) is 112 cm³/mol. The fraction of sp³-hybridized carbons (Fsp3) is 0.522. The summed E-state index contributed by atoms with van der Waals surface area (Å²) in [6.07, 6.45) is 3.11. The second kappa shape index (κ2) is 10.3. The van der Waals surface area contributed by atoms with Crippen molar-refractivity contribution < 1.29 is 32.2 Å². The van der Waals surface area contributed by atoms with Gasteiger partial charge in [0, 0.05) is 31.0 Å². The van der Waals surface area contributed by atoms with Crippen molar-refractivity contribution in [3.05, 3.63) is 52.4 Å². The van der Waals surface area contributed by atoms with Gasteiger partial charge >= 0.3 is 5.97 Å². The number of rotatable bonds is 8. The lowest BCUT2D eigenvalue weighted by molar-refractivity contribution is -0.149. The molecule has 0 fully saturated rings. The maximum Gasteiger partial charge on any atom is 0.314 e. The smallest absolute Gasteiger partial charge is 0.314 e. The lowest BCUT2D eigenvalue weighted by Gasteiger charge is -2.29. The average Bonchev–Trinajstić information content (AvgIpc) is 2.72. The number of esters is 1. The molecule has 176 valence electrons. The Bertz CT molecular complexity index is 957. The number of halogens is 3. The summed E-state index contributed by atoms with van der Waals surface area (Å²) in [4.78, 5) is 21.6. The van der Waals surface area contributed by atoms with Crippen molar-refractivity contribution in [2.24, 2.45) is 5.41 Å². The van der Waals surface area contributed by atoms with Crippen molar-refractivity contribution in [1.29, 1.82) is 0 Å². The van der Waals surface area contributed by atoms with Crippen LogP contribution in [0.25, 0.3) is 0 Å². The summed E-state index contributed by atoms with van der Waals surface area (Å²) in [5, 5.41) is 0. The van der Waals surface area contributed by atoms with E-state index in [9.17, 15) is 18.0 Å². The van der Waals surface area contributed by atoms with Gasteiger partial charge in [0.2, 0.25) is 0 Å². The van der Waals surface area contributed by atoms with Crippen molar-refractivity contribution in [2.45, 2.75) is 59.7 Å². The molecule has 1 heterocycles. The molecule has 0 saturated heterocycles. The van der Waals surface area contributed by atoms with Crippen LogP contribution in [0.3, 0.4) is 0 Å². The largest absolute Gasteiger partial charge is 0.493 e. The minimum absolute atomic E-state index is 0.116. The van der Waals surface area contributed by atoms with Crippen molar-refractivity contribution >= 4 is 5.97 Å². The van der Waals surface area contributed by atoms with Crippen molar-refractivity contribution in [3.8, 4) is 5.75 Å². The first-order valence-electron chi connectivity index (χ1n) is 10.1. The van der Waals surface area contributed by atoms with Crippen LogP contribution in [0.1, 0.15) is 69.0 Å². The van der Waals surface area contributed by atoms with Crippen LogP contribution < -0.4 is 4.74 Å². The van der Waals surface area contributed by atoms with Crippen molar-refractivity contribution in [3.63, 3.8) is 0 Å². The molecule has 0 bridgehead atoms. The second-order valence-electron chi connectivity index (χ2n) is 8.80. The van der Waals surface area contributed by atoms with Crippen LogP contribution >= 0.6 is 0 Å². The van der Waals surface area contributed by atoms with Gasteiger partial charge in [-0.05, 0) is 5.41 Å². The third-order valence-corrected chi connectivity index (χ3v) is 4.96. The van der Waals surface area contributed by atoms with E-state index in [-0.39, 0.29) is 5.92 Å². The molecule has 0 aliphatic rings. The molecule has 1 aromatic heterocycles. The molecule has 2 aromatic rings. The summed E-state index contributed by atoms with van der Waals surface area (Å²) in [5.74, 6) is -5.18. The maximum absolute atomic E-state index is 14.7. The SMILES string of the molecule is COCc1c(F)c(F)c(COC(=O)C(c2cnc(C(C)C)nc2)C(C)(C)C)c(OC)c1F. The van der Waals surface area contributed by atoms with Crippen LogP contribution in [0.5, 0.6) is 5.75 Å².